The topological polar surface area (TPSA) is 78.5 Å². The van der Waals surface area contributed by atoms with Crippen molar-refractivity contribution < 1.29 is 23.2 Å². The van der Waals surface area contributed by atoms with Gasteiger partial charge in [0.15, 0.2) is 11.6 Å². The molecule has 0 aromatic heterocycles. The first-order chi connectivity index (χ1) is 13.5. The van der Waals surface area contributed by atoms with Crippen molar-refractivity contribution in [3.05, 3.63) is 62.6 Å². The van der Waals surface area contributed by atoms with Crippen molar-refractivity contribution in [3.8, 4) is 0 Å². The number of carbonyl (C=O) groups excluding carboxylic acids is 3. The van der Waals surface area contributed by atoms with E-state index < -0.39 is 41.6 Å². The maximum Gasteiger partial charge on any atom is 0.325 e. The maximum atomic E-state index is 13.6. The van der Waals surface area contributed by atoms with E-state index in [1.807, 2.05) is 0 Å². The van der Waals surface area contributed by atoms with Gasteiger partial charge in [-0.3, -0.25) is 14.5 Å². The van der Waals surface area contributed by atoms with E-state index in [0.29, 0.717) is 4.90 Å². The second-order valence-electron chi connectivity index (χ2n) is 6.37. The van der Waals surface area contributed by atoms with Crippen LogP contribution in [0.3, 0.4) is 0 Å². The van der Waals surface area contributed by atoms with Crippen LogP contribution in [-0.4, -0.2) is 29.3 Å². The molecule has 6 nitrogen and oxygen atoms in total. The predicted octanol–water partition coefficient (Wildman–Crippen LogP) is 4.33. The fraction of sp³-hybridized carbons (Fsp3) is 0.167. The SMILES string of the molecule is CC1(c2ccc(F)c(F)c2)NC(=O)N(CC(=O)Nc2cc(Cl)c(Cl)cc2Cl)C1=O. The van der Waals surface area contributed by atoms with Gasteiger partial charge in [0.1, 0.15) is 12.1 Å². The Morgan fingerprint density at radius 1 is 1.07 bits per heavy atom. The van der Waals surface area contributed by atoms with Gasteiger partial charge in [0, 0.05) is 0 Å². The van der Waals surface area contributed by atoms with E-state index in [9.17, 15) is 23.2 Å². The fourth-order valence-corrected chi connectivity index (χ4v) is 3.39. The molecular formula is C18H12Cl3F2N3O3. The summed E-state index contributed by atoms with van der Waals surface area (Å²) in [6, 6.07) is 4.62. The van der Waals surface area contributed by atoms with E-state index in [1.54, 1.807) is 0 Å². The third-order valence-electron chi connectivity index (χ3n) is 4.36. The lowest BCUT2D eigenvalue weighted by atomic mass is 9.92. The Kier molecular flexibility index (Phi) is 5.71. The Morgan fingerprint density at radius 2 is 1.72 bits per heavy atom. The number of benzene rings is 2. The summed E-state index contributed by atoms with van der Waals surface area (Å²) < 4.78 is 26.8. The van der Waals surface area contributed by atoms with E-state index in [-0.39, 0.29) is 26.3 Å². The molecule has 11 heteroatoms. The summed E-state index contributed by atoms with van der Waals surface area (Å²) >= 11 is 17.7. The Morgan fingerprint density at radius 3 is 2.38 bits per heavy atom. The zero-order valence-electron chi connectivity index (χ0n) is 14.7. The number of hydrogen-bond donors (Lipinski definition) is 2. The Bertz CT molecular complexity index is 1050. The number of halogens is 5. The van der Waals surface area contributed by atoms with Crippen molar-refractivity contribution in [2.45, 2.75) is 12.5 Å². The van der Waals surface area contributed by atoms with Crippen LogP contribution >= 0.6 is 34.8 Å². The summed E-state index contributed by atoms with van der Waals surface area (Å²) in [7, 11) is 0. The van der Waals surface area contributed by atoms with Crippen LogP contribution in [0.15, 0.2) is 30.3 Å². The summed E-state index contributed by atoms with van der Waals surface area (Å²) in [6.45, 7) is 0.689. The molecule has 0 aliphatic carbocycles. The van der Waals surface area contributed by atoms with Gasteiger partial charge in [-0.25, -0.2) is 13.6 Å². The van der Waals surface area contributed by atoms with Crippen LogP contribution in [0.2, 0.25) is 15.1 Å². The molecule has 29 heavy (non-hydrogen) atoms. The number of nitrogens with one attached hydrogen (secondary N) is 2. The first-order valence-corrected chi connectivity index (χ1v) is 9.20. The molecular weight excluding hydrogens is 451 g/mol. The highest BCUT2D eigenvalue weighted by Crippen LogP contribution is 2.33. The average molecular weight is 463 g/mol. The van der Waals surface area contributed by atoms with Gasteiger partial charge in [0.2, 0.25) is 5.91 Å². The van der Waals surface area contributed by atoms with E-state index >= 15 is 0 Å². The second kappa shape index (κ2) is 7.78. The highest BCUT2D eigenvalue weighted by atomic mass is 35.5. The van der Waals surface area contributed by atoms with Crippen molar-refractivity contribution in [1.29, 1.82) is 0 Å². The lowest BCUT2D eigenvalue weighted by Crippen LogP contribution is -2.42. The highest BCUT2D eigenvalue weighted by Gasteiger charge is 2.49. The van der Waals surface area contributed by atoms with Gasteiger partial charge in [0.05, 0.1) is 20.8 Å². The van der Waals surface area contributed by atoms with Crippen molar-refractivity contribution in [2.75, 3.05) is 11.9 Å². The molecule has 4 amide bonds. The zero-order chi connectivity index (χ0) is 21.5. The highest BCUT2D eigenvalue weighted by molar-refractivity contribution is 6.44. The number of amides is 4. The molecule has 0 saturated carbocycles. The largest absolute Gasteiger partial charge is 0.325 e. The smallest absolute Gasteiger partial charge is 0.323 e. The molecule has 1 aliphatic rings. The maximum absolute atomic E-state index is 13.6. The molecule has 3 rings (SSSR count). The molecule has 1 unspecified atom stereocenters. The lowest BCUT2D eigenvalue weighted by Gasteiger charge is -2.22. The first kappa shape index (κ1) is 21.3. The fourth-order valence-electron chi connectivity index (χ4n) is 2.80. The molecule has 2 N–H and O–H groups in total. The normalized spacial score (nSPS) is 18.8. The van der Waals surface area contributed by atoms with E-state index in [4.69, 9.17) is 34.8 Å². The second-order valence-corrected chi connectivity index (χ2v) is 7.59. The van der Waals surface area contributed by atoms with Gasteiger partial charge in [-0.05, 0) is 36.8 Å². The van der Waals surface area contributed by atoms with Crippen LogP contribution in [0.4, 0.5) is 19.3 Å². The van der Waals surface area contributed by atoms with E-state index in [2.05, 4.69) is 10.6 Å². The molecule has 2 aromatic carbocycles. The first-order valence-electron chi connectivity index (χ1n) is 8.07. The Labute approximate surface area is 178 Å². The summed E-state index contributed by atoms with van der Waals surface area (Å²) in [5.74, 6) is -3.80. The third kappa shape index (κ3) is 4.01. The molecule has 2 aromatic rings. The molecule has 1 saturated heterocycles. The number of anilines is 1. The van der Waals surface area contributed by atoms with Gasteiger partial charge in [-0.1, -0.05) is 40.9 Å². The Hall–Kier alpha value is -2.42. The van der Waals surface area contributed by atoms with Crippen LogP contribution in [0.5, 0.6) is 0 Å². The minimum atomic E-state index is -1.66. The molecule has 1 aliphatic heterocycles. The third-order valence-corrected chi connectivity index (χ3v) is 5.39. The molecule has 152 valence electrons. The molecule has 0 spiro atoms. The zero-order valence-corrected chi connectivity index (χ0v) is 16.9. The van der Waals surface area contributed by atoms with Crippen molar-refractivity contribution in [3.63, 3.8) is 0 Å². The van der Waals surface area contributed by atoms with Crippen LogP contribution in [-0.2, 0) is 15.1 Å². The number of hydrogen-bond acceptors (Lipinski definition) is 3. The van der Waals surface area contributed by atoms with Gasteiger partial charge < -0.3 is 10.6 Å². The quantitative estimate of drug-likeness (QED) is 0.524. The summed E-state index contributed by atoms with van der Waals surface area (Å²) in [4.78, 5) is 38.0. The Balaban J connectivity index is 1.79. The number of imide groups is 1. The minimum absolute atomic E-state index is 0.0326. The van der Waals surface area contributed by atoms with Gasteiger partial charge in [-0.2, -0.15) is 0 Å². The van der Waals surface area contributed by atoms with E-state index in [1.165, 1.54) is 25.1 Å². The summed E-state index contributed by atoms with van der Waals surface area (Å²) in [5, 5.41) is 5.27. The van der Waals surface area contributed by atoms with Crippen LogP contribution < -0.4 is 10.6 Å². The monoisotopic (exact) mass is 461 g/mol. The predicted molar refractivity (Wildman–Crippen MR) is 104 cm³/mol. The van der Waals surface area contributed by atoms with Gasteiger partial charge in [0.25, 0.3) is 5.91 Å². The standard InChI is InChI=1S/C18H12Cl3F2N3O3/c1-18(8-2-3-12(22)13(23)4-8)16(28)26(17(29)25-18)7-15(27)24-14-6-10(20)9(19)5-11(14)21/h2-6H,7H2,1H3,(H,24,27)(H,25,29). The molecule has 1 fully saturated rings. The van der Waals surface area contributed by atoms with Crippen LogP contribution in [0.1, 0.15) is 12.5 Å². The lowest BCUT2D eigenvalue weighted by molar-refractivity contribution is -0.133. The van der Waals surface area contributed by atoms with E-state index in [0.717, 1.165) is 12.1 Å². The molecule has 0 bridgehead atoms. The van der Waals surface area contributed by atoms with Crippen LogP contribution in [0, 0.1) is 11.6 Å². The molecule has 1 heterocycles. The minimum Gasteiger partial charge on any atom is -0.323 e. The van der Waals surface area contributed by atoms with Crippen molar-refractivity contribution >= 4 is 58.3 Å². The molecule has 0 radical (unpaired) electrons. The van der Waals surface area contributed by atoms with Gasteiger partial charge in [-0.15, -0.1) is 0 Å². The number of urea groups is 1. The van der Waals surface area contributed by atoms with Gasteiger partial charge >= 0.3 is 6.03 Å². The summed E-state index contributed by atoms with van der Waals surface area (Å²) in [5.41, 5.74) is -1.49. The number of carbonyl (C=O) groups is 3. The summed E-state index contributed by atoms with van der Waals surface area (Å²) in [6.07, 6.45) is 0. The van der Waals surface area contributed by atoms with Crippen molar-refractivity contribution in [2.24, 2.45) is 0 Å². The number of rotatable bonds is 4. The van der Waals surface area contributed by atoms with Crippen LogP contribution in [0.25, 0.3) is 0 Å². The average Bonchev–Trinajstić information content (AvgIpc) is 2.86. The number of nitrogens with zero attached hydrogens (tertiary/aromatic N) is 1. The van der Waals surface area contributed by atoms with Crippen molar-refractivity contribution in [1.82, 2.24) is 10.2 Å². The molecule has 1 atom stereocenters.